The van der Waals surface area contributed by atoms with Gasteiger partial charge in [0.05, 0.1) is 6.26 Å². The van der Waals surface area contributed by atoms with Crippen LogP contribution in [0.3, 0.4) is 0 Å². The van der Waals surface area contributed by atoms with Crippen molar-refractivity contribution in [1.29, 1.82) is 0 Å². The predicted molar refractivity (Wildman–Crippen MR) is 52.5 cm³/mol. The second-order valence-corrected chi connectivity index (χ2v) is 3.73. The van der Waals surface area contributed by atoms with E-state index in [9.17, 15) is 5.11 Å². The average molecular weight is 182 g/mol. The highest BCUT2D eigenvalue weighted by Crippen LogP contribution is 2.25. The van der Waals surface area contributed by atoms with Crippen LogP contribution in [0.5, 0.6) is 0 Å². The van der Waals surface area contributed by atoms with E-state index in [1.54, 1.807) is 6.26 Å². The topological polar surface area (TPSA) is 33.4 Å². The third-order valence-electron chi connectivity index (χ3n) is 2.53. The van der Waals surface area contributed by atoms with Crippen molar-refractivity contribution in [2.24, 2.45) is 5.92 Å². The van der Waals surface area contributed by atoms with E-state index in [2.05, 4.69) is 13.8 Å². The summed E-state index contributed by atoms with van der Waals surface area (Å²) in [5.41, 5.74) is 1.04. The van der Waals surface area contributed by atoms with Crippen molar-refractivity contribution >= 4 is 0 Å². The van der Waals surface area contributed by atoms with Crippen LogP contribution >= 0.6 is 0 Å². The van der Waals surface area contributed by atoms with Gasteiger partial charge in [-0.1, -0.05) is 20.3 Å². The molecule has 2 atom stereocenters. The molecule has 74 valence electrons. The molecule has 2 unspecified atom stereocenters. The van der Waals surface area contributed by atoms with Gasteiger partial charge in [0.2, 0.25) is 0 Å². The fourth-order valence-electron chi connectivity index (χ4n) is 1.38. The third-order valence-corrected chi connectivity index (χ3v) is 2.53. The Labute approximate surface area is 79.6 Å². The summed E-state index contributed by atoms with van der Waals surface area (Å²) < 4.78 is 5.22. The van der Waals surface area contributed by atoms with Gasteiger partial charge in [-0.2, -0.15) is 0 Å². The Balaban J connectivity index is 2.58. The molecule has 2 nitrogen and oxygen atoms in total. The van der Waals surface area contributed by atoms with Crippen LogP contribution in [0.1, 0.15) is 44.1 Å². The number of aliphatic hydroxyl groups is 1. The summed E-state index contributed by atoms with van der Waals surface area (Å²) in [5.74, 6) is 1.26. The van der Waals surface area contributed by atoms with E-state index in [1.807, 2.05) is 13.0 Å². The molecule has 0 aliphatic carbocycles. The van der Waals surface area contributed by atoms with Crippen LogP contribution in [0.15, 0.2) is 16.7 Å². The molecule has 0 saturated carbocycles. The zero-order valence-electron chi connectivity index (χ0n) is 8.58. The minimum atomic E-state index is -0.440. The average Bonchev–Trinajstić information content (AvgIpc) is 2.51. The first-order valence-corrected chi connectivity index (χ1v) is 4.87. The number of hydrogen-bond acceptors (Lipinski definition) is 2. The second-order valence-electron chi connectivity index (χ2n) is 3.73. The molecular weight excluding hydrogens is 164 g/mol. The monoisotopic (exact) mass is 182 g/mol. The number of furan rings is 1. The highest BCUT2D eigenvalue weighted by Gasteiger charge is 2.15. The van der Waals surface area contributed by atoms with Crippen molar-refractivity contribution in [2.45, 2.75) is 39.7 Å². The summed E-state index contributed by atoms with van der Waals surface area (Å²) >= 11 is 0. The Hall–Kier alpha value is -0.760. The summed E-state index contributed by atoms with van der Waals surface area (Å²) in [6.07, 6.45) is 3.07. The van der Waals surface area contributed by atoms with Gasteiger partial charge in [0, 0.05) is 0 Å². The van der Waals surface area contributed by atoms with Gasteiger partial charge >= 0.3 is 0 Å². The maximum atomic E-state index is 9.80. The smallest absolute Gasteiger partial charge is 0.135 e. The van der Waals surface area contributed by atoms with Crippen LogP contribution in [0, 0.1) is 12.8 Å². The Kier molecular flexibility index (Phi) is 3.55. The fourth-order valence-corrected chi connectivity index (χ4v) is 1.38. The molecule has 1 heterocycles. The first-order chi connectivity index (χ1) is 6.15. The molecular formula is C11H18O2. The molecule has 2 heteroatoms. The maximum Gasteiger partial charge on any atom is 0.135 e. The summed E-state index contributed by atoms with van der Waals surface area (Å²) in [6.45, 7) is 6.23. The molecule has 0 aromatic carbocycles. The van der Waals surface area contributed by atoms with Gasteiger partial charge < -0.3 is 9.52 Å². The molecule has 0 aliphatic rings. The number of rotatable bonds is 4. The van der Waals surface area contributed by atoms with Crippen molar-refractivity contribution in [3.05, 3.63) is 23.7 Å². The summed E-state index contributed by atoms with van der Waals surface area (Å²) in [4.78, 5) is 0. The summed E-state index contributed by atoms with van der Waals surface area (Å²) in [7, 11) is 0. The SMILES string of the molecule is CCC(C)CC(O)c1occc1C. The lowest BCUT2D eigenvalue weighted by Gasteiger charge is -2.13. The van der Waals surface area contributed by atoms with Gasteiger partial charge in [-0.25, -0.2) is 0 Å². The molecule has 0 aliphatic heterocycles. The lowest BCUT2D eigenvalue weighted by molar-refractivity contribution is 0.121. The first kappa shape index (κ1) is 10.3. The van der Waals surface area contributed by atoms with Gasteiger partial charge in [0.25, 0.3) is 0 Å². The molecule has 0 fully saturated rings. The van der Waals surface area contributed by atoms with Gasteiger partial charge in [-0.05, 0) is 30.9 Å². The quantitative estimate of drug-likeness (QED) is 0.776. The van der Waals surface area contributed by atoms with E-state index in [0.29, 0.717) is 5.92 Å². The van der Waals surface area contributed by atoms with Crippen molar-refractivity contribution in [3.63, 3.8) is 0 Å². The standard InChI is InChI=1S/C11H18O2/c1-4-8(2)7-10(12)11-9(3)5-6-13-11/h5-6,8,10,12H,4,7H2,1-3H3. The molecule has 1 aromatic rings. The Morgan fingerprint density at radius 1 is 1.54 bits per heavy atom. The normalized spacial score (nSPS) is 15.7. The Bertz CT molecular complexity index is 252. The number of aliphatic hydroxyl groups excluding tert-OH is 1. The van der Waals surface area contributed by atoms with E-state index in [0.717, 1.165) is 24.2 Å². The number of aryl methyl sites for hydroxylation is 1. The van der Waals surface area contributed by atoms with Crippen LogP contribution < -0.4 is 0 Å². The van der Waals surface area contributed by atoms with Crippen LogP contribution in [0.2, 0.25) is 0 Å². The van der Waals surface area contributed by atoms with E-state index in [-0.39, 0.29) is 0 Å². The summed E-state index contributed by atoms with van der Waals surface area (Å²) in [5, 5.41) is 9.80. The molecule has 0 amide bonds. The third kappa shape index (κ3) is 2.59. The highest BCUT2D eigenvalue weighted by molar-refractivity contribution is 5.16. The van der Waals surface area contributed by atoms with Crippen LogP contribution in [-0.2, 0) is 0 Å². The lowest BCUT2D eigenvalue weighted by atomic mass is 9.99. The molecule has 1 rings (SSSR count). The first-order valence-electron chi connectivity index (χ1n) is 4.87. The fraction of sp³-hybridized carbons (Fsp3) is 0.636. The predicted octanol–water partition coefficient (Wildman–Crippen LogP) is 3.06. The molecule has 1 aromatic heterocycles. The van der Waals surface area contributed by atoms with Crippen LogP contribution in [0.4, 0.5) is 0 Å². The van der Waals surface area contributed by atoms with E-state index in [4.69, 9.17) is 4.42 Å². The molecule has 0 saturated heterocycles. The van der Waals surface area contributed by atoms with Gasteiger partial charge in [-0.15, -0.1) is 0 Å². The van der Waals surface area contributed by atoms with Crippen molar-refractivity contribution in [3.8, 4) is 0 Å². The van der Waals surface area contributed by atoms with E-state index >= 15 is 0 Å². The molecule has 0 radical (unpaired) electrons. The largest absolute Gasteiger partial charge is 0.466 e. The van der Waals surface area contributed by atoms with Crippen molar-refractivity contribution < 1.29 is 9.52 Å². The highest BCUT2D eigenvalue weighted by atomic mass is 16.4. The molecule has 1 N–H and O–H groups in total. The zero-order valence-corrected chi connectivity index (χ0v) is 8.58. The molecule has 0 spiro atoms. The maximum absolute atomic E-state index is 9.80. The minimum Gasteiger partial charge on any atom is -0.466 e. The Morgan fingerprint density at radius 2 is 2.23 bits per heavy atom. The van der Waals surface area contributed by atoms with Gasteiger partial charge in [0.1, 0.15) is 11.9 Å². The Morgan fingerprint density at radius 3 is 2.69 bits per heavy atom. The van der Waals surface area contributed by atoms with Gasteiger partial charge in [-0.3, -0.25) is 0 Å². The van der Waals surface area contributed by atoms with Gasteiger partial charge in [0.15, 0.2) is 0 Å². The van der Waals surface area contributed by atoms with Crippen molar-refractivity contribution in [1.82, 2.24) is 0 Å². The van der Waals surface area contributed by atoms with Crippen LogP contribution in [0.25, 0.3) is 0 Å². The number of hydrogen-bond donors (Lipinski definition) is 1. The van der Waals surface area contributed by atoms with Crippen molar-refractivity contribution in [2.75, 3.05) is 0 Å². The molecule has 0 bridgehead atoms. The van der Waals surface area contributed by atoms with E-state index in [1.165, 1.54) is 0 Å². The minimum absolute atomic E-state index is 0.440. The van der Waals surface area contributed by atoms with Crippen LogP contribution in [-0.4, -0.2) is 5.11 Å². The molecule has 13 heavy (non-hydrogen) atoms. The lowest BCUT2D eigenvalue weighted by Crippen LogP contribution is -2.03. The summed E-state index contributed by atoms with van der Waals surface area (Å²) in [6, 6.07) is 1.88. The van der Waals surface area contributed by atoms with E-state index < -0.39 is 6.10 Å². The second kappa shape index (κ2) is 4.47. The zero-order chi connectivity index (χ0) is 9.84.